The summed E-state index contributed by atoms with van der Waals surface area (Å²) in [6.07, 6.45) is 0. The normalized spacial score (nSPS) is 11.3. The van der Waals surface area contributed by atoms with Crippen molar-refractivity contribution in [1.29, 1.82) is 0 Å². The fourth-order valence-electron chi connectivity index (χ4n) is 1.06. The van der Waals surface area contributed by atoms with E-state index < -0.39 is 24.9 Å². The summed E-state index contributed by atoms with van der Waals surface area (Å²) >= 11 is 5.69. The van der Waals surface area contributed by atoms with Crippen molar-refractivity contribution < 1.29 is 18.7 Å². The van der Waals surface area contributed by atoms with Crippen molar-refractivity contribution in [2.24, 2.45) is 5.73 Å². The Morgan fingerprint density at radius 2 is 2.18 bits per heavy atom. The van der Waals surface area contributed by atoms with Crippen LogP contribution in [0.4, 0.5) is 8.78 Å². The molecule has 0 aliphatic rings. The number of carbonyl (C=O) groups is 1. The van der Waals surface area contributed by atoms with Gasteiger partial charge in [0.15, 0.2) is 0 Å². The maximum atomic E-state index is 12.8. The van der Waals surface area contributed by atoms with Crippen molar-refractivity contribution in [2.45, 2.75) is 5.92 Å². The number of nitrogens with two attached hydrogens (primary N) is 1. The first-order chi connectivity index (χ1) is 7.85. The fourth-order valence-corrected chi connectivity index (χ4v) is 1.27. The minimum atomic E-state index is -3.17. The second-order valence-electron chi connectivity index (χ2n) is 3.41. The summed E-state index contributed by atoms with van der Waals surface area (Å²) in [5.41, 5.74) is 4.75. The average Bonchev–Trinajstić information content (AvgIpc) is 2.29. The summed E-state index contributed by atoms with van der Waals surface area (Å²) in [6, 6.07) is 3.68. The van der Waals surface area contributed by atoms with Crippen molar-refractivity contribution in [3.63, 3.8) is 0 Å². The highest BCUT2D eigenvalue weighted by Gasteiger charge is 2.27. The molecule has 4 nitrogen and oxygen atoms in total. The summed E-state index contributed by atoms with van der Waals surface area (Å²) in [6.45, 7) is -1.74. The van der Waals surface area contributed by atoms with Gasteiger partial charge in [0.1, 0.15) is 5.75 Å². The summed E-state index contributed by atoms with van der Waals surface area (Å²) in [5.74, 6) is -4.14. The van der Waals surface area contributed by atoms with Gasteiger partial charge in [0.05, 0.1) is 23.7 Å². The summed E-state index contributed by atoms with van der Waals surface area (Å²) in [4.78, 5) is 11.5. The number of aromatic hydroxyl groups is 1. The summed E-state index contributed by atoms with van der Waals surface area (Å²) in [5, 5.41) is 11.2. The lowest BCUT2D eigenvalue weighted by molar-refractivity contribution is 0.0118. The Kier molecular flexibility index (Phi) is 4.25. The van der Waals surface area contributed by atoms with Crippen LogP contribution >= 0.6 is 11.6 Å². The molecule has 17 heavy (non-hydrogen) atoms. The van der Waals surface area contributed by atoms with E-state index in [2.05, 4.69) is 0 Å². The van der Waals surface area contributed by atoms with Crippen molar-refractivity contribution in [3.8, 4) is 5.75 Å². The predicted octanol–water partition coefficient (Wildman–Crippen LogP) is 1.37. The third kappa shape index (κ3) is 3.83. The largest absolute Gasteiger partial charge is 0.508 e. The first-order valence-electron chi connectivity index (χ1n) is 4.70. The summed E-state index contributed by atoms with van der Waals surface area (Å²) in [7, 11) is 0. The molecule has 0 bridgehead atoms. The lowest BCUT2D eigenvalue weighted by Crippen LogP contribution is -2.41. The molecule has 0 radical (unpaired) electrons. The van der Waals surface area contributed by atoms with Gasteiger partial charge in [-0.2, -0.15) is 0 Å². The zero-order valence-corrected chi connectivity index (χ0v) is 9.47. The van der Waals surface area contributed by atoms with Crippen LogP contribution in [0.3, 0.4) is 0 Å². The highest BCUT2D eigenvalue weighted by atomic mass is 35.5. The monoisotopic (exact) mass is 264 g/mol. The van der Waals surface area contributed by atoms with Gasteiger partial charge in [-0.05, 0) is 18.2 Å². The number of hydrogen-bond acceptors (Lipinski definition) is 3. The van der Waals surface area contributed by atoms with Crippen LogP contribution in [0.25, 0.3) is 0 Å². The molecule has 4 N–H and O–H groups in total. The van der Waals surface area contributed by atoms with Gasteiger partial charge >= 0.3 is 0 Å². The van der Waals surface area contributed by atoms with E-state index in [1.54, 1.807) is 0 Å². The lowest BCUT2D eigenvalue weighted by Gasteiger charge is -2.14. The van der Waals surface area contributed by atoms with Crippen LogP contribution in [0, 0.1) is 0 Å². The number of phenolic OH excluding ortho intramolecular Hbond substituents is 1. The number of alkyl halides is 2. The Balaban J connectivity index is 2.74. The molecule has 1 aromatic carbocycles. The van der Waals surface area contributed by atoms with E-state index in [9.17, 15) is 13.6 Å². The molecule has 0 atom stereocenters. The van der Waals surface area contributed by atoms with E-state index in [-0.39, 0.29) is 16.3 Å². The minimum Gasteiger partial charge on any atom is -0.508 e. The first-order valence-corrected chi connectivity index (χ1v) is 5.08. The van der Waals surface area contributed by atoms with Gasteiger partial charge in [-0.1, -0.05) is 11.6 Å². The quantitative estimate of drug-likeness (QED) is 0.769. The molecule has 0 heterocycles. The zero-order valence-electron chi connectivity index (χ0n) is 8.71. The Bertz CT molecular complexity index is 427. The first kappa shape index (κ1) is 13.7. The molecule has 0 unspecified atom stereocenters. The van der Waals surface area contributed by atoms with Gasteiger partial charge in [0.2, 0.25) is 0 Å². The van der Waals surface area contributed by atoms with E-state index in [0.717, 1.165) is 6.07 Å². The second-order valence-corrected chi connectivity index (χ2v) is 3.81. The number of rotatable bonds is 4. The number of nitrogens with one attached hydrogen (secondary N) is 1. The van der Waals surface area contributed by atoms with E-state index in [1.165, 1.54) is 12.1 Å². The molecule has 0 aromatic heterocycles. The molecular weight excluding hydrogens is 254 g/mol. The molecule has 0 fully saturated rings. The zero-order chi connectivity index (χ0) is 13.1. The number of amides is 1. The van der Waals surface area contributed by atoms with Crippen LogP contribution in [-0.4, -0.2) is 30.0 Å². The van der Waals surface area contributed by atoms with Gasteiger partial charge in [-0.15, -0.1) is 0 Å². The Hall–Kier alpha value is -1.40. The number of halogens is 3. The second kappa shape index (κ2) is 5.29. The van der Waals surface area contributed by atoms with Crippen LogP contribution in [-0.2, 0) is 0 Å². The topological polar surface area (TPSA) is 75.3 Å². The number of carbonyl (C=O) groups excluding carboxylic acids is 1. The van der Waals surface area contributed by atoms with Crippen LogP contribution in [0.2, 0.25) is 5.02 Å². The molecule has 0 spiro atoms. The van der Waals surface area contributed by atoms with Gasteiger partial charge in [-0.3, -0.25) is 4.79 Å². The van der Waals surface area contributed by atoms with Gasteiger partial charge < -0.3 is 16.2 Å². The van der Waals surface area contributed by atoms with Crippen molar-refractivity contribution in [2.75, 3.05) is 13.1 Å². The molecule has 0 aliphatic carbocycles. The molecule has 1 amide bonds. The SMILES string of the molecule is NCC(F)(F)CNC(=O)c1cc(O)ccc1Cl. The highest BCUT2D eigenvalue weighted by molar-refractivity contribution is 6.33. The fraction of sp³-hybridized carbons (Fsp3) is 0.300. The molecule has 0 saturated carbocycles. The van der Waals surface area contributed by atoms with Gasteiger partial charge in [0.25, 0.3) is 11.8 Å². The van der Waals surface area contributed by atoms with Gasteiger partial charge in [0, 0.05) is 0 Å². The van der Waals surface area contributed by atoms with Crippen LogP contribution < -0.4 is 11.1 Å². The molecule has 1 rings (SSSR count). The molecule has 0 saturated heterocycles. The third-order valence-electron chi connectivity index (χ3n) is 2.00. The van der Waals surface area contributed by atoms with Crippen LogP contribution in [0.15, 0.2) is 18.2 Å². The Morgan fingerprint density at radius 1 is 1.53 bits per heavy atom. The van der Waals surface area contributed by atoms with E-state index >= 15 is 0 Å². The summed E-state index contributed by atoms with van der Waals surface area (Å²) < 4.78 is 25.6. The maximum absolute atomic E-state index is 12.8. The van der Waals surface area contributed by atoms with E-state index in [4.69, 9.17) is 22.4 Å². The number of phenols is 1. The standard InChI is InChI=1S/C10H11ClF2N2O2/c11-8-2-1-6(16)3-7(8)9(17)15-5-10(12,13)4-14/h1-3,16H,4-5,14H2,(H,15,17). The minimum absolute atomic E-state index is 0.0661. The number of benzene rings is 1. The average molecular weight is 265 g/mol. The van der Waals surface area contributed by atoms with E-state index in [0.29, 0.717) is 0 Å². The lowest BCUT2D eigenvalue weighted by atomic mass is 10.2. The maximum Gasteiger partial charge on any atom is 0.277 e. The smallest absolute Gasteiger partial charge is 0.277 e. The molecule has 0 aliphatic heterocycles. The Labute approximate surface area is 101 Å². The molecular formula is C10H11ClF2N2O2. The van der Waals surface area contributed by atoms with Crippen molar-refractivity contribution in [1.82, 2.24) is 5.32 Å². The van der Waals surface area contributed by atoms with Crippen molar-refractivity contribution in [3.05, 3.63) is 28.8 Å². The highest BCUT2D eigenvalue weighted by Crippen LogP contribution is 2.21. The van der Waals surface area contributed by atoms with Crippen molar-refractivity contribution >= 4 is 17.5 Å². The number of hydrogen-bond donors (Lipinski definition) is 3. The molecule has 1 aromatic rings. The predicted molar refractivity (Wildman–Crippen MR) is 59.5 cm³/mol. The van der Waals surface area contributed by atoms with E-state index in [1.807, 2.05) is 5.32 Å². The van der Waals surface area contributed by atoms with Crippen LogP contribution in [0.1, 0.15) is 10.4 Å². The van der Waals surface area contributed by atoms with Crippen LogP contribution in [0.5, 0.6) is 5.75 Å². The molecule has 94 valence electrons. The van der Waals surface area contributed by atoms with Gasteiger partial charge in [-0.25, -0.2) is 8.78 Å². The molecule has 7 heteroatoms. The third-order valence-corrected chi connectivity index (χ3v) is 2.33. The Morgan fingerprint density at radius 3 is 2.76 bits per heavy atom.